The van der Waals surface area contributed by atoms with Crippen LogP contribution in [0, 0.1) is 0 Å². The number of ether oxygens (including phenoxy) is 2. The monoisotopic (exact) mass is 237 g/mol. The van der Waals surface area contributed by atoms with Crippen molar-refractivity contribution in [1.82, 2.24) is 14.9 Å². The lowest BCUT2D eigenvalue weighted by Gasteiger charge is -2.11. The summed E-state index contributed by atoms with van der Waals surface area (Å²) in [6, 6.07) is 1.09. The van der Waals surface area contributed by atoms with Crippen molar-refractivity contribution in [1.29, 1.82) is 0 Å². The standard InChI is InChI=1S/C12H19N3O2/c1-2-6-17-12-14-11(9-15(12)5-1)10-3-7-16-8-4-13-10/h9-10,13H,1-8H2. The molecule has 3 heterocycles. The molecule has 3 rings (SSSR count). The highest BCUT2D eigenvalue weighted by Gasteiger charge is 2.20. The van der Waals surface area contributed by atoms with E-state index in [0.29, 0.717) is 6.04 Å². The molecule has 0 aliphatic carbocycles. The van der Waals surface area contributed by atoms with Gasteiger partial charge in [-0.1, -0.05) is 0 Å². The zero-order chi connectivity index (χ0) is 11.5. The number of fused-ring (bicyclic) bond motifs is 1. The average Bonchev–Trinajstić information content (AvgIpc) is 2.58. The lowest BCUT2D eigenvalue weighted by Crippen LogP contribution is -2.22. The van der Waals surface area contributed by atoms with E-state index in [1.54, 1.807) is 0 Å². The summed E-state index contributed by atoms with van der Waals surface area (Å²) < 4.78 is 13.2. The third kappa shape index (κ3) is 2.45. The van der Waals surface area contributed by atoms with Crippen molar-refractivity contribution in [2.24, 2.45) is 0 Å². The topological polar surface area (TPSA) is 48.3 Å². The molecule has 1 N–H and O–H groups in total. The zero-order valence-electron chi connectivity index (χ0n) is 10.0. The highest BCUT2D eigenvalue weighted by atomic mass is 16.5. The number of nitrogens with one attached hydrogen (secondary N) is 1. The fourth-order valence-electron chi connectivity index (χ4n) is 2.37. The Kier molecular flexibility index (Phi) is 3.29. The molecule has 0 saturated carbocycles. The fraction of sp³-hybridized carbons (Fsp3) is 0.750. The van der Waals surface area contributed by atoms with Crippen LogP contribution in [0.25, 0.3) is 0 Å². The zero-order valence-corrected chi connectivity index (χ0v) is 10.0. The van der Waals surface area contributed by atoms with Crippen LogP contribution in [-0.2, 0) is 11.3 Å². The molecule has 2 aliphatic heterocycles. The van der Waals surface area contributed by atoms with Crippen molar-refractivity contribution in [3.05, 3.63) is 11.9 Å². The number of nitrogens with zero attached hydrogens (tertiary/aromatic N) is 2. The van der Waals surface area contributed by atoms with Gasteiger partial charge in [0, 0.05) is 25.9 Å². The van der Waals surface area contributed by atoms with Crippen molar-refractivity contribution in [2.45, 2.75) is 31.8 Å². The maximum atomic E-state index is 5.64. The second kappa shape index (κ2) is 5.06. The van der Waals surface area contributed by atoms with Crippen LogP contribution in [0.4, 0.5) is 0 Å². The van der Waals surface area contributed by atoms with Crippen molar-refractivity contribution < 1.29 is 9.47 Å². The van der Waals surface area contributed by atoms with Gasteiger partial charge >= 0.3 is 0 Å². The molecule has 1 saturated heterocycles. The van der Waals surface area contributed by atoms with Crippen LogP contribution in [0.2, 0.25) is 0 Å². The van der Waals surface area contributed by atoms with Crippen LogP contribution < -0.4 is 10.1 Å². The van der Waals surface area contributed by atoms with Gasteiger partial charge in [-0.15, -0.1) is 0 Å². The van der Waals surface area contributed by atoms with E-state index in [1.807, 2.05) is 0 Å². The number of aromatic nitrogens is 2. The molecule has 1 unspecified atom stereocenters. The Labute approximate surface area is 101 Å². The van der Waals surface area contributed by atoms with Crippen LogP contribution in [0.3, 0.4) is 0 Å². The second-order valence-corrected chi connectivity index (χ2v) is 4.61. The summed E-state index contributed by atoms with van der Waals surface area (Å²) >= 11 is 0. The molecular formula is C12H19N3O2. The molecule has 0 aromatic carbocycles. The van der Waals surface area contributed by atoms with Gasteiger partial charge in [0.15, 0.2) is 0 Å². The van der Waals surface area contributed by atoms with Gasteiger partial charge in [-0.05, 0) is 19.3 Å². The third-order valence-electron chi connectivity index (χ3n) is 3.33. The van der Waals surface area contributed by atoms with Gasteiger partial charge in [0.2, 0.25) is 0 Å². The van der Waals surface area contributed by atoms with Gasteiger partial charge in [-0.2, -0.15) is 4.98 Å². The number of imidazole rings is 1. The fourth-order valence-corrected chi connectivity index (χ4v) is 2.37. The van der Waals surface area contributed by atoms with Crippen LogP contribution >= 0.6 is 0 Å². The number of hydrogen-bond donors (Lipinski definition) is 1. The van der Waals surface area contributed by atoms with E-state index in [1.165, 1.54) is 6.42 Å². The summed E-state index contributed by atoms with van der Waals surface area (Å²) in [6.45, 7) is 4.30. The normalized spacial score (nSPS) is 25.5. The Morgan fingerprint density at radius 1 is 1.29 bits per heavy atom. The smallest absolute Gasteiger partial charge is 0.296 e. The third-order valence-corrected chi connectivity index (χ3v) is 3.33. The van der Waals surface area contributed by atoms with Crippen LogP contribution in [0.1, 0.15) is 31.0 Å². The number of rotatable bonds is 1. The Morgan fingerprint density at radius 2 is 2.29 bits per heavy atom. The Hall–Kier alpha value is -1.07. The summed E-state index contributed by atoms with van der Waals surface area (Å²) in [5.74, 6) is 0. The molecule has 0 amide bonds. The summed E-state index contributed by atoms with van der Waals surface area (Å²) in [5.41, 5.74) is 1.09. The Bertz CT molecular complexity index is 346. The van der Waals surface area contributed by atoms with Gasteiger partial charge in [0.1, 0.15) is 0 Å². The highest BCUT2D eigenvalue weighted by Crippen LogP contribution is 2.23. The second-order valence-electron chi connectivity index (χ2n) is 4.61. The van der Waals surface area contributed by atoms with E-state index in [0.717, 1.165) is 57.5 Å². The molecule has 0 radical (unpaired) electrons. The molecule has 5 heteroatoms. The number of hydrogen-bond acceptors (Lipinski definition) is 4. The van der Waals surface area contributed by atoms with E-state index >= 15 is 0 Å². The first-order valence-electron chi connectivity index (χ1n) is 6.44. The van der Waals surface area contributed by atoms with Crippen LogP contribution in [-0.4, -0.2) is 35.9 Å². The molecule has 2 aliphatic rings. The van der Waals surface area contributed by atoms with Crippen LogP contribution in [0.5, 0.6) is 6.01 Å². The minimum absolute atomic E-state index is 0.306. The van der Waals surface area contributed by atoms with Gasteiger partial charge in [0.25, 0.3) is 6.01 Å². The van der Waals surface area contributed by atoms with E-state index in [9.17, 15) is 0 Å². The lowest BCUT2D eigenvalue weighted by atomic mass is 10.1. The van der Waals surface area contributed by atoms with E-state index < -0.39 is 0 Å². The molecule has 0 bridgehead atoms. The quantitative estimate of drug-likeness (QED) is 0.795. The molecule has 1 atom stereocenters. The molecule has 1 aromatic rings. The molecule has 17 heavy (non-hydrogen) atoms. The molecule has 5 nitrogen and oxygen atoms in total. The number of aryl methyl sites for hydroxylation is 1. The molecular weight excluding hydrogens is 218 g/mol. The first-order chi connectivity index (χ1) is 8.43. The minimum Gasteiger partial charge on any atom is -0.465 e. The first kappa shape index (κ1) is 11.0. The highest BCUT2D eigenvalue weighted by molar-refractivity contribution is 5.13. The van der Waals surface area contributed by atoms with Crippen molar-refractivity contribution in [3.8, 4) is 6.01 Å². The van der Waals surface area contributed by atoms with Gasteiger partial charge in [-0.3, -0.25) is 0 Å². The van der Waals surface area contributed by atoms with Crippen molar-refractivity contribution >= 4 is 0 Å². The Morgan fingerprint density at radius 3 is 3.29 bits per heavy atom. The molecule has 1 aromatic heterocycles. The van der Waals surface area contributed by atoms with Gasteiger partial charge < -0.3 is 19.4 Å². The summed E-state index contributed by atoms with van der Waals surface area (Å²) in [5, 5.41) is 3.47. The summed E-state index contributed by atoms with van der Waals surface area (Å²) in [4.78, 5) is 4.60. The van der Waals surface area contributed by atoms with E-state index in [-0.39, 0.29) is 0 Å². The molecule has 1 fully saturated rings. The van der Waals surface area contributed by atoms with Gasteiger partial charge in [-0.25, -0.2) is 0 Å². The minimum atomic E-state index is 0.306. The summed E-state index contributed by atoms with van der Waals surface area (Å²) in [6.07, 6.45) is 5.40. The summed E-state index contributed by atoms with van der Waals surface area (Å²) in [7, 11) is 0. The molecule has 94 valence electrons. The largest absolute Gasteiger partial charge is 0.465 e. The SMILES string of the molecule is c1c(C2CCOCCN2)nc2n1CCCCO2. The maximum Gasteiger partial charge on any atom is 0.296 e. The molecule has 0 spiro atoms. The maximum absolute atomic E-state index is 5.64. The van der Waals surface area contributed by atoms with E-state index in [4.69, 9.17) is 9.47 Å². The lowest BCUT2D eigenvalue weighted by molar-refractivity contribution is 0.150. The Balaban J connectivity index is 1.78. The van der Waals surface area contributed by atoms with Crippen molar-refractivity contribution in [3.63, 3.8) is 0 Å². The predicted octanol–water partition coefficient (Wildman–Crippen LogP) is 1.11. The average molecular weight is 237 g/mol. The van der Waals surface area contributed by atoms with E-state index in [2.05, 4.69) is 21.1 Å². The first-order valence-corrected chi connectivity index (χ1v) is 6.44. The van der Waals surface area contributed by atoms with Gasteiger partial charge in [0.05, 0.1) is 24.9 Å². The van der Waals surface area contributed by atoms with Crippen LogP contribution in [0.15, 0.2) is 6.20 Å². The predicted molar refractivity (Wildman–Crippen MR) is 63.1 cm³/mol. The van der Waals surface area contributed by atoms with Crippen molar-refractivity contribution in [2.75, 3.05) is 26.4 Å².